The van der Waals surface area contributed by atoms with Crippen LogP contribution in [0, 0.1) is 19.8 Å². The van der Waals surface area contributed by atoms with Crippen molar-refractivity contribution in [1.29, 1.82) is 0 Å². The van der Waals surface area contributed by atoms with E-state index in [4.69, 9.17) is 10.2 Å². The number of pyridine rings is 1. The lowest BCUT2D eigenvalue weighted by molar-refractivity contribution is -0.139. The number of likely N-dealkylation sites (N-methyl/N-ethyl adjacent to an activating group) is 1. The molecule has 1 fully saturated rings. The van der Waals surface area contributed by atoms with Crippen LogP contribution in [0.25, 0.3) is 11.0 Å². The van der Waals surface area contributed by atoms with Crippen molar-refractivity contribution in [2.45, 2.75) is 52.9 Å². The van der Waals surface area contributed by atoms with Crippen LogP contribution in [0.15, 0.2) is 58.2 Å². The van der Waals surface area contributed by atoms with E-state index in [1.165, 1.54) is 12.4 Å². The van der Waals surface area contributed by atoms with E-state index in [-0.39, 0.29) is 30.2 Å². The second-order valence-electron chi connectivity index (χ2n) is 9.37. The van der Waals surface area contributed by atoms with E-state index < -0.39 is 0 Å². The van der Waals surface area contributed by atoms with Gasteiger partial charge in [-0.25, -0.2) is 4.99 Å². The van der Waals surface area contributed by atoms with E-state index in [1.807, 2.05) is 36.9 Å². The van der Waals surface area contributed by atoms with Crippen LogP contribution >= 0.6 is 0 Å². The zero-order chi connectivity index (χ0) is 30.2. The average Bonchev–Trinajstić information content (AvgIpc) is 3.65. The minimum atomic E-state index is -0.330. The summed E-state index contributed by atoms with van der Waals surface area (Å²) in [5.41, 5.74) is 7.67. The molecule has 0 aliphatic carbocycles. The minimum absolute atomic E-state index is 0.0291. The molecule has 0 spiro atoms. The van der Waals surface area contributed by atoms with Crippen LogP contribution in [0.1, 0.15) is 62.1 Å². The number of fused-ring (bicyclic) bond motifs is 1. The van der Waals surface area contributed by atoms with Crippen LogP contribution in [0.3, 0.4) is 0 Å². The highest BCUT2D eigenvalue weighted by Gasteiger charge is 2.21. The van der Waals surface area contributed by atoms with E-state index in [0.29, 0.717) is 24.2 Å². The first kappa shape index (κ1) is 32.6. The fourth-order valence-electron chi connectivity index (χ4n) is 4.18. The number of aryl methyl sites for hydroxylation is 1. The molecule has 218 valence electrons. The number of nitrogens with zero attached hydrogens (tertiary/aromatic N) is 4. The molecule has 0 bridgehead atoms. The van der Waals surface area contributed by atoms with Crippen molar-refractivity contribution in [1.82, 2.24) is 20.1 Å². The molecule has 1 aliphatic heterocycles. The molecule has 0 atom stereocenters. The number of aromatic nitrogens is 1. The molecule has 2 aromatic heterocycles. The Morgan fingerprint density at radius 2 is 1.78 bits per heavy atom. The monoisotopic (exact) mass is 560 g/mol. The van der Waals surface area contributed by atoms with Gasteiger partial charge < -0.3 is 20.0 Å². The van der Waals surface area contributed by atoms with Gasteiger partial charge in [-0.15, -0.1) is 12.8 Å². The van der Waals surface area contributed by atoms with Crippen LogP contribution in [0.4, 0.5) is 5.69 Å². The van der Waals surface area contributed by atoms with Crippen molar-refractivity contribution in [3.05, 3.63) is 60.1 Å². The van der Waals surface area contributed by atoms with E-state index in [2.05, 4.69) is 35.1 Å². The van der Waals surface area contributed by atoms with E-state index in [1.54, 1.807) is 23.1 Å². The highest BCUT2D eigenvalue weighted by Crippen LogP contribution is 2.24. The van der Waals surface area contributed by atoms with Crippen molar-refractivity contribution >= 4 is 40.3 Å². The summed E-state index contributed by atoms with van der Waals surface area (Å²) in [6, 6.07) is 10.6. The maximum atomic E-state index is 11.9. The zero-order valence-electron chi connectivity index (χ0n) is 24.1. The number of guanidine groups is 1. The molecule has 0 radical (unpaired) electrons. The smallest absolute Gasteiger partial charge is 0.258 e. The van der Waals surface area contributed by atoms with Crippen molar-refractivity contribution in [3.63, 3.8) is 0 Å². The van der Waals surface area contributed by atoms with Crippen LogP contribution < -0.4 is 11.1 Å². The van der Waals surface area contributed by atoms with Crippen molar-refractivity contribution in [3.8, 4) is 12.8 Å². The number of furan rings is 1. The highest BCUT2D eigenvalue weighted by molar-refractivity contribution is 6.05. The van der Waals surface area contributed by atoms with Gasteiger partial charge in [-0.1, -0.05) is 13.3 Å². The summed E-state index contributed by atoms with van der Waals surface area (Å²) >= 11 is 0. The lowest BCUT2D eigenvalue weighted by atomic mass is 10.2. The standard InChI is InChI=1S/C16H14N4O2.C13H24N2O2.C2H2/c1-10-8-12-9-13(2-3-14(12)22-10)19-16(17)20-15(21)11-4-6-18-7-5-11;1-3-5-8-12(16)14(4-2)11-13(17)15-9-6-7-10-15;1-2/h2-9H,1H3,(H3,17,19,20,21);3-11H2,1-2H3;1-2H. The number of hydrogen-bond acceptors (Lipinski definition) is 6. The number of amides is 3. The normalized spacial score (nSPS) is 12.5. The SMILES string of the molecule is C#C.CCCCC(=O)N(CC)CC(=O)N1CCCC1.Cc1cc2cc(N=C(N)NC(=O)c3ccncc3)ccc2o1. The Morgan fingerprint density at radius 3 is 2.41 bits per heavy atom. The number of nitrogens with one attached hydrogen (secondary N) is 1. The fourth-order valence-corrected chi connectivity index (χ4v) is 4.18. The molecule has 3 amide bonds. The number of likely N-dealkylation sites (tertiary alicyclic amines) is 1. The lowest BCUT2D eigenvalue weighted by Crippen LogP contribution is -2.41. The molecule has 41 heavy (non-hydrogen) atoms. The Bertz CT molecular complexity index is 1330. The van der Waals surface area contributed by atoms with E-state index in [0.717, 1.165) is 55.5 Å². The molecule has 1 aromatic carbocycles. The summed E-state index contributed by atoms with van der Waals surface area (Å²) in [4.78, 5) is 47.3. The topological polar surface area (TPSA) is 134 Å². The van der Waals surface area contributed by atoms with Gasteiger partial charge >= 0.3 is 0 Å². The minimum Gasteiger partial charge on any atom is -0.461 e. The summed E-state index contributed by atoms with van der Waals surface area (Å²) < 4.78 is 5.49. The third-order valence-electron chi connectivity index (χ3n) is 6.32. The molecule has 3 aromatic rings. The summed E-state index contributed by atoms with van der Waals surface area (Å²) in [6.07, 6.45) is 15.8. The largest absolute Gasteiger partial charge is 0.461 e. The number of benzene rings is 1. The third-order valence-corrected chi connectivity index (χ3v) is 6.32. The Balaban J connectivity index is 0.000000280. The number of unbranched alkanes of at least 4 members (excludes halogenated alkanes) is 1. The number of hydrogen-bond donors (Lipinski definition) is 2. The van der Waals surface area contributed by atoms with Gasteiger partial charge in [0.25, 0.3) is 5.91 Å². The van der Waals surface area contributed by atoms with Gasteiger partial charge in [0.15, 0.2) is 0 Å². The second kappa shape index (κ2) is 17.1. The van der Waals surface area contributed by atoms with E-state index in [9.17, 15) is 14.4 Å². The van der Waals surface area contributed by atoms with Crippen molar-refractivity contribution in [2.24, 2.45) is 10.7 Å². The molecule has 10 heteroatoms. The molecule has 4 rings (SSSR count). The summed E-state index contributed by atoms with van der Waals surface area (Å²) in [5, 5.41) is 3.47. The Labute approximate surface area is 242 Å². The van der Waals surface area contributed by atoms with Crippen LogP contribution in [-0.4, -0.2) is 64.6 Å². The third kappa shape index (κ3) is 10.4. The van der Waals surface area contributed by atoms with Gasteiger partial charge in [-0.2, -0.15) is 0 Å². The molecular formula is C31H40N6O4. The fraction of sp³-hybridized carbons (Fsp3) is 0.387. The summed E-state index contributed by atoms with van der Waals surface area (Å²) in [6.45, 7) is 8.49. The average molecular weight is 561 g/mol. The second-order valence-corrected chi connectivity index (χ2v) is 9.37. The van der Waals surface area contributed by atoms with Crippen LogP contribution in [0.2, 0.25) is 0 Å². The number of rotatable bonds is 8. The zero-order valence-corrected chi connectivity index (χ0v) is 24.1. The predicted octanol–water partition coefficient (Wildman–Crippen LogP) is 4.41. The van der Waals surface area contributed by atoms with Crippen LogP contribution in [-0.2, 0) is 9.59 Å². The van der Waals surface area contributed by atoms with Gasteiger partial charge in [-0.3, -0.25) is 24.7 Å². The molecule has 10 nitrogen and oxygen atoms in total. The van der Waals surface area contributed by atoms with Gasteiger partial charge in [0.2, 0.25) is 17.8 Å². The predicted molar refractivity (Wildman–Crippen MR) is 161 cm³/mol. The molecule has 0 saturated carbocycles. The highest BCUT2D eigenvalue weighted by atomic mass is 16.3. The van der Waals surface area contributed by atoms with Crippen molar-refractivity contribution in [2.75, 3.05) is 26.2 Å². The first-order valence-corrected chi connectivity index (χ1v) is 13.7. The van der Waals surface area contributed by atoms with E-state index >= 15 is 0 Å². The Hall–Kier alpha value is -4.65. The molecule has 3 N–H and O–H groups in total. The lowest BCUT2D eigenvalue weighted by Gasteiger charge is -2.23. The summed E-state index contributed by atoms with van der Waals surface area (Å²) in [7, 11) is 0. The van der Waals surface area contributed by atoms with Gasteiger partial charge in [-0.05, 0) is 69.5 Å². The number of nitrogens with two attached hydrogens (primary N) is 1. The number of terminal acetylenes is 1. The number of carbonyl (C=O) groups excluding carboxylic acids is 3. The maximum Gasteiger partial charge on any atom is 0.258 e. The Morgan fingerprint density at radius 1 is 1.10 bits per heavy atom. The first-order chi connectivity index (χ1) is 19.8. The Kier molecular flexibility index (Phi) is 13.6. The summed E-state index contributed by atoms with van der Waals surface area (Å²) in [5.74, 6) is 0.747. The van der Waals surface area contributed by atoms with Crippen LogP contribution in [0.5, 0.6) is 0 Å². The van der Waals surface area contributed by atoms with Gasteiger partial charge in [0, 0.05) is 49.4 Å². The molecule has 0 unspecified atom stereocenters. The quantitative estimate of drug-likeness (QED) is 0.238. The molecule has 1 saturated heterocycles. The van der Waals surface area contributed by atoms with Gasteiger partial charge in [0.1, 0.15) is 11.3 Å². The molecule has 1 aliphatic rings. The van der Waals surface area contributed by atoms with Crippen molar-refractivity contribution < 1.29 is 18.8 Å². The maximum absolute atomic E-state index is 11.9. The number of aliphatic imine (C=N–C) groups is 1. The molecular weight excluding hydrogens is 520 g/mol. The first-order valence-electron chi connectivity index (χ1n) is 13.7. The van der Waals surface area contributed by atoms with Gasteiger partial charge in [0.05, 0.1) is 12.2 Å². The number of carbonyl (C=O) groups is 3. The molecule has 3 heterocycles.